The van der Waals surface area contributed by atoms with E-state index in [2.05, 4.69) is 10.3 Å². The van der Waals surface area contributed by atoms with Gasteiger partial charge in [-0.3, -0.25) is 9.59 Å². The summed E-state index contributed by atoms with van der Waals surface area (Å²) in [4.78, 5) is 41.1. The Morgan fingerprint density at radius 2 is 1.86 bits per heavy atom. The Labute approximate surface area is 166 Å². The molecule has 0 saturated heterocycles. The van der Waals surface area contributed by atoms with Crippen molar-refractivity contribution in [2.75, 3.05) is 11.9 Å². The number of rotatable bonds is 6. The average molecular weight is 400 g/mol. The predicted octanol–water partition coefficient (Wildman–Crippen LogP) is 3.59. The first-order valence-electron chi connectivity index (χ1n) is 8.93. The monoisotopic (exact) mass is 400 g/mol. The number of carboxylic acids is 1. The molecule has 7 nitrogen and oxygen atoms in total. The SMILES string of the molecule is CCOC(=O)c1sc(NC(=O)C2CC=CCC2C(=O)O)nc1-c1ccccc1. The molecular weight excluding hydrogens is 380 g/mol. The normalized spacial score (nSPS) is 18.5. The number of esters is 1. The van der Waals surface area contributed by atoms with E-state index < -0.39 is 29.7 Å². The third-order valence-electron chi connectivity index (χ3n) is 4.45. The number of carbonyl (C=O) groups excluding carboxylic acids is 2. The number of hydrogen-bond acceptors (Lipinski definition) is 6. The molecule has 1 amide bonds. The van der Waals surface area contributed by atoms with Gasteiger partial charge in [0.1, 0.15) is 4.88 Å². The number of benzene rings is 1. The summed E-state index contributed by atoms with van der Waals surface area (Å²) in [7, 11) is 0. The zero-order valence-electron chi connectivity index (χ0n) is 15.3. The molecule has 28 heavy (non-hydrogen) atoms. The highest BCUT2D eigenvalue weighted by atomic mass is 32.1. The van der Waals surface area contributed by atoms with Crippen molar-refractivity contribution < 1.29 is 24.2 Å². The third kappa shape index (κ3) is 4.28. The summed E-state index contributed by atoms with van der Waals surface area (Å²) in [6, 6.07) is 9.14. The van der Waals surface area contributed by atoms with Gasteiger partial charge in [0, 0.05) is 5.56 Å². The van der Waals surface area contributed by atoms with Crippen LogP contribution in [0.3, 0.4) is 0 Å². The van der Waals surface area contributed by atoms with Crippen LogP contribution in [0.4, 0.5) is 5.13 Å². The van der Waals surface area contributed by atoms with Crippen LogP contribution in [0, 0.1) is 11.8 Å². The first-order chi connectivity index (χ1) is 13.5. The van der Waals surface area contributed by atoms with Gasteiger partial charge in [0.05, 0.1) is 24.1 Å². The lowest BCUT2D eigenvalue weighted by atomic mass is 9.82. The number of carboxylic acid groups (broad SMARTS) is 1. The van der Waals surface area contributed by atoms with E-state index in [1.165, 1.54) is 0 Å². The van der Waals surface area contributed by atoms with Crippen LogP contribution >= 0.6 is 11.3 Å². The smallest absolute Gasteiger partial charge is 0.350 e. The van der Waals surface area contributed by atoms with Gasteiger partial charge in [-0.1, -0.05) is 53.8 Å². The zero-order valence-corrected chi connectivity index (χ0v) is 16.1. The van der Waals surface area contributed by atoms with Crippen LogP contribution in [-0.4, -0.2) is 34.5 Å². The maximum absolute atomic E-state index is 12.7. The third-order valence-corrected chi connectivity index (χ3v) is 5.40. The highest BCUT2D eigenvalue weighted by Crippen LogP contribution is 2.33. The Morgan fingerprint density at radius 3 is 2.50 bits per heavy atom. The first kappa shape index (κ1) is 19.8. The lowest BCUT2D eigenvalue weighted by Gasteiger charge is -2.23. The molecule has 2 N–H and O–H groups in total. The quantitative estimate of drug-likeness (QED) is 0.567. The molecular formula is C20H20N2O5S. The largest absolute Gasteiger partial charge is 0.481 e. The van der Waals surface area contributed by atoms with Gasteiger partial charge in [-0.15, -0.1) is 0 Å². The molecule has 3 rings (SSSR count). The number of aromatic nitrogens is 1. The second-order valence-electron chi connectivity index (χ2n) is 6.27. The van der Waals surface area contributed by atoms with Gasteiger partial charge in [0.2, 0.25) is 5.91 Å². The number of nitrogens with one attached hydrogen (secondary N) is 1. The van der Waals surface area contributed by atoms with E-state index >= 15 is 0 Å². The van der Waals surface area contributed by atoms with Crippen molar-refractivity contribution in [1.82, 2.24) is 4.98 Å². The fourth-order valence-electron chi connectivity index (χ4n) is 3.08. The van der Waals surface area contributed by atoms with Gasteiger partial charge in [-0.25, -0.2) is 9.78 Å². The maximum atomic E-state index is 12.7. The van der Waals surface area contributed by atoms with E-state index in [0.717, 1.165) is 16.9 Å². The molecule has 0 aliphatic heterocycles. The van der Waals surface area contributed by atoms with Crippen LogP contribution in [0.25, 0.3) is 11.3 Å². The first-order valence-corrected chi connectivity index (χ1v) is 9.75. The molecule has 1 aromatic carbocycles. The lowest BCUT2D eigenvalue weighted by Crippen LogP contribution is -2.34. The number of nitrogens with zero attached hydrogens (tertiary/aromatic N) is 1. The van der Waals surface area contributed by atoms with Crippen molar-refractivity contribution in [3.63, 3.8) is 0 Å². The van der Waals surface area contributed by atoms with Crippen LogP contribution in [-0.2, 0) is 14.3 Å². The fraction of sp³-hybridized carbons (Fsp3) is 0.300. The van der Waals surface area contributed by atoms with Crippen molar-refractivity contribution >= 4 is 34.3 Å². The van der Waals surface area contributed by atoms with E-state index in [1.807, 2.05) is 36.4 Å². The number of thiazole rings is 1. The predicted molar refractivity (Wildman–Crippen MR) is 105 cm³/mol. The Morgan fingerprint density at radius 1 is 1.18 bits per heavy atom. The minimum absolute atomic E-state index is 0.224. The topological polar surface area (TPSA) is 106 Å². The second-order valence-corrected chi connectivity index (χ2v) is 7.27. The molecule has 1 heterocycles. The number of hydrogen-bond donors (Lipinski definition) is 2. The van der Waals surface area contributed by atoms with Gasteiger partial charge < -0.3 is 15.2 Å². The van der Waals surface area contributed by atoms with Gasteiger partial charge in [-0.2, -0.15) is 0 Å². The van der Waals surface area contributed by atoms with Gasteiger partial charge >= 0.3 is 11.9 Å². The van der Waals surface area contributed by atoms with Gasteiger partial charge in [0.15, 0.2) is 5.13 Å². The Kier molecular flexibility index (Phi) is 6.20. The molecule has 8 heteroatoms. The summed E-state index contributed by atoms with van der Waals surface area (Å²) in [5, 5.41) is 12.3. The van der Waals surface area contributed by atoms with Crippen molar-refractivity contribution in [3.05, 3.63) is 47.4 Å². The molecule has 1 aliphatic rings. The summed E-state index contributed by atoms with van der Waals surface area (Å²) < 4.78 is 5.11. The second kappa shape index (κ2) is 8.79. The number of carbonyl (C=O) groups is 3. The molecule has 2 aromatic rings. The van der Waals surface area contributed by atoms with E-state index in [1.54, 1.807) is 13.0 Å². The van der Waals surface area contributed by atoms with Crippen molar-refractivity contribution in [2.45, 2.75) is 19.8 Å². The standard InChI is InChI=1S/C20H20N2O5S/c1-2-27-19(26)16-15(12-8-4-3-5-9-12)21-20(28-16)22-17(23)13-10-6-7-11-14(13)18(24)25/h3-9,13-14H,2,10-11H2,1H3,(H,24,25)(H,21,22,23). The molecule has 0 bridgehead atoms. The minimum atomic E-state index is -0.999. The average Bonchev–Trinajstić information content (AvgIpc) is 3.12. The summed E-state index contributed by atoms with van der Waals surface area (Å²) >= 11 is 1.02. The highest BCUT2D eigenvalue weighted by Gasteiger charge is 2.34. The molecule has 0 radical (unpaired) electrons. The molecule has 2 atom stereocenters. The maximum Gasteiger partial charge on any atom is 0.350 e. The Hall–Kier alpha value is -3.00. The van der Waals surface area contributed by atoms with E-state index in [4.69, 9.17) is 4.74 Å². The molecule has 0 spiro atoms. The molecule has 0 fully saturated rings. The van der Waals surface area contributed by atoms with Crippen LogP contribution in [0.5, 0.6) is 0 Å². The summed E-state index contributed by atoms with van der Waals surface area (Å²) in [6.45, 7) is 1.94. The summed E-state index contributed by atoms with van der Waals surface area (Å²) in [5.74, 6) is -3.38. The van der Waals surface area contributed by atoms with Crippen LogP contribution in [0.15, 0.2) is 42.5 Å². The number of allylic oxidation sites excluding steroid dienone is 2. The van der Waals surface area contributed by atoms with Crippen LogP contribution < -0.4 is 5.32 Å². The van der Waals surface area contributed by atoms with Crippen LogP contribution in [0.1, 0.15) is 29.4 Å². The fourth-order valence-corrected chi connectivity index (χ4v) is 3.96. The van der Waals surface area contributed by atoms with Crippen molar-refractivity contribution in [1.29, 1.82) is 0 Å². The number of amides is 1. The Balaban J connectivity index is 1.88. The Bertz CT molecular complexity index is 907. The molecule has 1 aromatic heterocycles. The van der Waals surface area contributed by atoms with Crippen molar-refractivity contribution in [3.8, 4) is 11.3 Å². The zero-order chi connectivity index (χ0) is 20.1. The van der Waals surface area contributed by atoms with Gasteiger partial charge in [0.25, 0.3) is 0 Å². The number of anilines is 1. The van der Waals surface area contributed by atoms with E-state index in [-0.39, 0.29) is 11.7 Å². The van der Waals surface area contributed by atoms with Crippen LogP contribution in [0.2, 0.25) is 0 Å². The minimum Gasteiger partial charge on any atom is -0.481 e. The lowest BCUT2D eigenvalue weighted by molar-refractivity contribution is -0.146. The van der Waals surface area contributed by atoms with Crippen molar-refractivity contribution in [2.24, 2.45) is 11.8 Å². The number of ether oxygens (including phenoxy) is 1. The van der Waals surface area contributed by atoms with E-state index in [0.29, 0.717) is 23.4 Å². The highest BCUT2D eigenvalue weighted by molar-refractivity contribution is 7.18. The summed E-state index contributed by atoms with van der Waals surface area (Å²) in [5.41, 5.74) is 1.16. The number of aliphatic carboxylic acids is 1. The van der Waals surface area contributed by atoms with Gasteiger partial charge in [-0.05, 0) is 19.8 Å². The molecule has 0 saturated carbocycles. The molecule has 2 unspecified atom stereocenters. The van der Waals surface area contributed by atoms with E-state index in [9.17, 15) is 19.5 Å². The summed E-state index contributed by atoms with van der Waals surface area (Å²) in [6.07, 6.45) is 4.25. The molecule has 1 aliphatic carbocycles. The molecule has 146 valence electrons.